The molecule has 0 fully saturated rings. The number of sulfonamides is 1. The second-order valence-corrected chi connectivity index (χ2v) is 12.1. The number of carbonyl (C=O) groups excluding carboxylic acids is 2. The third-order valence-electron chi connectivity index (χ3n) is 6.97. The van der Waals surface area contributed by atoms with E-state index >= 15 is 0 Å². The van der Waals surface area contributed by atoms with Crippen LogP contribution in [0, 0.1) is 5.92 Å². The number of hydroxylamine groups is 1. The number of nitrogens with zero attached hydrogens (tertiary/aromatic N) is 2. The summed E-state index contributed by atoms with van der Waals surface area (Å²) in [5.74, 6) is -3.48. The molecule has 1 unspecified atom stereocenters. The zero-order valence-corrected chi connectivity index (χ0v) is 24.2. The van der Waals surface area contributed by atoms with Gasteiger partial charge in [-0.05, 0) is 29.0 Å². The minimum absolute atomic E-state index is 0.0425. The highest BCUT2D eigenvalue weighted by Crippen LogP contribution is 2.30. The molecule has 4 N–H and O–H groups in total. The summed E-state index contributed by atoms with van der Waals surface area (Å²) >= 11 is 0. The van der Waals surface area contributed by atoms with Gasteiger partial charge < -0.3 is 16.0 Å². The van der Waals surface area contributed by atoms with Crippen molar-refractivity contribution in [3.63, 3.8) is 0 Å². The van der Waals surface area contributed by atoms with E-state index in [1.807, 2.05) is 18.2 Å². The van der Waals surface area contributed by atoms with Crippen molar-refractivity contribution >= 4 is 44.7 Å². The predicted molar refractivity (Wildman–Crippen MR) is 157 cm³/mol. The average molecular weight is 606 g/mol. The standard InChI is InChI=1S/C30H31N5O7S/c1-19(2)28(35-43(40,41)26-14-8-12-21-11-6-7-13-22(21)26)24-17-30(42-34-24,16-20-9-4-3-5-10-20)29(39)33-23(15-27(37)38)25(36)18-32-31/h3-14,17-19,23,28,34-35H,15-16H2,1-2H3,(H,33,39)(H,37,38)/t23-,28-,30?/m0/s1. The van der Waals surface area contributed by atoms with Crippen LogP contribution in [0.4, 0.5) is 0 Å². The van der Waals surface area contributed by atoms with Crippen molar-refractivity contribution < 1.29 is 37.5 Å². The van der Waals surface area contributed by atoms with Crippen molar-refractivity contribution in [1.82, 2.24) is 15.5 Å². The molecule has 0 radical (unpaired) electrons. The van der Waals surface area contributed by atoms with Gasteiger partial charge in [-0.25, -0.2) is 13.1 Å². The Balaban J connectivity index is 1.72. The summed E-state index contributed by atoms with van der Waals surface area (Å²) in [4.78, 5) is 46.2. The van der Waals surface area contributed by atoms with Gasteiger partial charge in [-0.1, -0.05) is 80.6 Å². The molecule has 13 heteroatoms. The zero-order valence-electron chi connectivity index (χ0n) is 23.4. The van der Waals surface area contributed by atoms with Crippen LogP contribution >= 0.6 is 0 Å². The molecule has 0 saturated heterocycles. The van der Waals surface area contributed by atoms with Crippen LogP contribution in [0.15, 0.2) is 89.5 Å². The number of Topliss-reactive ketones (excluding diaryl/α,β-unsaturated/α-hetero) is 1. The maximum absolute atomic E-state index is 13.8. The van der Waals surface area contributed by atoms with Gasteiger partial charge in [0.15, 0.2) is 5.60 Å². The number of fused-ring (bicyclic) bond motifs is 1. The number of nitrogens with one attached hydrogen (secondary N) is 3. The average Bonchev–Trinajstić information content (AvgIpc) is 3.40. The number of benzene rings is 3. The highest BCUT2D eigenvalue weighted by Gasteiger charge is 2.46. The molecule has 0 aliphatic carbocycles. The maximum Gasteiger partial charge on any atom is 0.325 e. The van der Waals surface area contributed by atoms with Crippen LogP contribution in [-0.2, 0) is 35.7 Å². The first kappa shape index (κ1) is 31.3. The Morgan fingerprint density at radius 1 is 1.05 bits per heavy atom. The first-order valence-corrected chi connectivity index (χ1v) is 14.9. The molecule has 0 saturated carbocycles. The summed E-state index contributed by atoms with van der Waals surface area (Å²) in [6.07, 6.45) is 1.12. The lowest BCUT2D eigenvalue weighted by molar-refractivity contribution is -0.147. The molecule has 4 rings (SSSR count). The molecule has 1 heterocycles. The van der Waals surface area contributed by atoms with E-state index in [0.717, 1.165) is 5.39 Å². The lowest BCUT2D eigenvalue weighted by Gasteiger charge is -2.26. The molecule has 3 aromatic rings. The third-order valence-corrected chi connectivity index (χ3v) is 8.47. The van der Waals surface area contributed by atoms with E-state index in [-0.39, 0.29) is 22.9 Å². The van der Waals surface area contributed by atoms with Crippen molar-refractivity contribution in [3.8, 4) is 0 Å². The number of carboxylic acids is 1. The van der Waals surface area contributed by atoms with E-state index in [4.69, 9.17) is 10.4 Å². The summed E-state index contributed by atoms with van der Waals surface area (Å²) in [6, 6.07) is 18.5. The monoisotopic (exact) mass is 605 g/mol. The summed E-state index contributed by atoms with van der Waals surface area (Å²) in [5.41, 5.74) is 10.6. The molecule has 224 valence electrons. The molecule has 1 amide bonds. The Kier molecular flexibility index (Phi) is 9.52. The van der Waals surface area contributed by atoms with E-state index in [9.17, 15) is 27.9 Å². The van der Waals surface area contributed by atoms with Crippen LogP contribution < -0.4 is 15.5 Å². The van der Waals surface area contributed by atoms with Gasteiger partial charge in [0.1, 0.15) is 6.04 Å². The molecule has 1 aliphatic heterocycles. The van der Waals surface area contributed by atoms with Gasteiger partial charge in [-0.3, -0.25) is 24.7 Å². The molecule has 1 aliphatic rings. The van der Waals surface area contributed by atoms with Crippen molar-refractivity contribution in [3.05, 3.63) is 95.7 Å². The fraction of sp³-hybridized carbons (Fsp3) is 0.267. The fourth-order valence-corrected chi connectivity index (χ4v) is 6.43. The largest absolute Gasteiger partial charge is 0.481 e. The van der Waals surface area contributed by atoms with Gasteiger partial charge in [0.2, 0.25) is 10.0 Å². The predicted octanol–water partition coefficient (Wildman–Crippen LogP) is 2.37. The fourth-order valence-electron chi connectivity index (χ4n) is 4.84. The topological polar surface area (TPSA) is 187 Å². The molecule has 0 aromatic heterocycles. The van der Waals surface area contributed by atoms with Crippen molar-refractivity contribution in [2.45, 2.75) is 49.3 Å². The molecular weight excluding hydrogens is 574 g/mol. The number of hydrogen-bond acceptors (Lipinski definition) is 7. The number of aliphatic carboxylic acids is 1. The van der Waals surface area contributed by atoms with Crippen LogP contribution in [-0.4, -0.2) is 59.9 Å². The van der Waals surface area contributed by atoms with Crippen LogP contribution in [0.1, 0.15) is 25.8 Å². The quantitative estimate of drug-likeness (QED) is 0.130. The lowest BCUT2D eigenvalue weighted by atomic mass is 9.90. The van der Waals surface area contributed by atoms with E-state index in [1.54, 1.807) is 62.4 Å². The highest BCUT2D eigenvalue weighted by atomic mass is 32.2. The van der Waals surface area contributed by atoms with Gasteiger partial charge in [-0.2, -0.15) is 4.79 Å². The first-order chi connectivity index (χ1) is 20.5. The van der Waals surface area contributed by atoms with Gasteiger partial charge in [0.25, 0.3) is 11.7 Å². The Morgan fingerprint density at radius 3 is 2.40 bits per heavy atom. The van der Waals surface area contributed by atoms with Crippen LogP contribution in [0.3, 0.4) is 0 Å². The number of carbonyl (C=O) groups is 3. The Morgan fingerprint density at radius 2 is 1.72 bits per heavy atom. The second-order valence-electron chi connectivity index (χ2n) is 10.4. The number of ketones is 1. The molecule has 0 spiro atoms. The van der Waals surface area contributed by atoms with Crippen molar-refractivity contribution in [2.24, 2.45) is 5.92 Å². The Labute approximate surface area is 248 Å². The molecule has 0 bridgehead atoms. The van der Waals surface area contributed by atoms with Crippen LogP contribution in [0.25, 0.3) is 16.3 Å². The van der Waals surface area contributed by atoms with E-state index in [1.165, 1.54) is 12.1 Å². The summed E-state index contributed by atoms with van der Waals surface area (Å²) in [6.45, 7) is 3.59. The maximum atomic E-state index is 13.8. The van der Waals surface area contributed by atoms with Gasteiger partial charge in [0, 0.05) is 11.8 Å². The molecule has 43 heavy (non-hydrogen) atoms. The number of hydrogen-bond donors (Lipinski definition) is 4. The Hall–Kier alpha value is -4.68. The minimum Gasteiger partial charge on any atom is -0.481 e. The lowest BCUT2D eigenvalue weighted by Crippen LogP contribution is -2.54. The van der Waals surface area contributed by atoms with Crippen molar-refractivity contribution in [2.75, 3.05) is 0 Å². The number of amides is 1. The summed E-state index contributed by atoms with van der Waals surface area (Å²) < 4.78 is 30.1. The molecular formula is C30H31N5O7S. The van der Waals surface area contributed by atoms with Crippen LogP contribution in [0.2, 0.25) is 0 Å². The normalized spacial score (nSPS) is 17.8. The SMILES string of the molecule is CC(C)[C@H](NS(=O)(=O)c1cccc2ccccc12)C1=CC(Cc2ccccc2)(C(=O)N[C@@H](CC(=O)O)C(=O)C=[N+]=[N-])ON1. The zero-order chi connectivity index (χ0) is 31.2. The highest BCUT2D eigenvalue weighted by molar-refractivity contribution is 7.89. The second kappa shape index (κ2) is 13.1. The minimum atomic E-state index is -4.07. The van der Waals surface area contributed by atoms with E-state index < -0.39 is 51.8 Å². The Bertz CT molecular complexity index is 1710. The van der Waals surface area contributed by atoms with E-state index in [2.05, 4.69) is 20.3 Å². The smallest absolute Gasteiger partial charge is 0.325 e. The molecule has 3 aromatic carbocycles. The first-order valence-electron chi connectivity index (χ1n) is 13.4. The third kappa shape index (κ3) is 7.22. The van der Waals surface area contributed by atoms with Gasteiger partial charge in [-0.15, -0.1) is 0 Å². The van der Waals surface area contributed by atoms with Gasteiger partial charge in [0.05, 0.1) is 23.1 Å². The van der Waals surface area contributed by atoms with Gasteiger partial charge >= 0.3 is 12.2 Å². The van der Waals surface area contributed by atoms with Crippen LogP contribution in [0.5, 0.6) is 0 Å². The molecule has 12 nitrogen and oxygen atoms in total. The van der Waals surface area contributed by atoms with Crippen molar-refractivity contribution in [1.29, 1.82) is 0 Å². The number of rotatable bonds is 13. The summed E-state index contributed by atoms with van der Waals surface area (Å²) in [7, 11) is -4.07. The number of carboxylic acid groups (broad SMARTS) is 1. The molecule has 3 atom stereocenters. The summed E-state index contributed by atoms with van der Waals surface area (Å²) in [5, 5.41) is 13.0. The van der Waals surface area contributed by atoms with E-state index in [0.29, 0.717) is 17.2 Å².